The van der Waals surface area contributed by atoms with Crippen LogP contribution in [0.25, 0.3) is 5.82 Å². The van der Waals surface area contributed by atoms with E-state index in [0.29, 0.717) is 18.0 Å². The zero-order valence-corrected chi connectivity index (χ0v) is 16.5. The number of carbonyl (C=O) groups is 1. The van der Waals surface area contributed by atoms with Crippen molar-refractivity contribution in [1.82, 2.24) is 25.1 Å². The first-order chi connectivity index (χ1) is 14.7. The van der Waals surface area contributed by atoms with E-state index in [2.05, 4.69) is 20.4 Å². The Labute approximate surface area is 174 Å². The summed E-state index contributed by atoms with van der Waals surface area (Å²) in [5.74, 6) is 1.12. The highest BCUT2D eigenvalue weighted by molar-refractivity contribution is 5.95. The van der Waals surface area contributed by atoms with Gasteiger partial charge in [-0.1, -0.05) is 42.5 Å². The Morgan fingerprint density at radius 3 is 2.53 bits per heavy atom. The SMILES string of the molecule is CCOc1ccc(C(NC(=O)c2ccnc(-n3cncn3)c2)c2ccccc2)cc1. The highest BCUT2D eigenvalue weighted by Crippen LogP contribution is 2.25. The number of amides is 1. The van der Waals surface area contributed by atoms with Crippen molar-refractivity contribution in [2.24, 2.45) is 0 Å². The summed E-state index contributed by atoms with van der Waals surface area (Å²) < 4.78 is 7.05. The minimum absolute atomic E-state index is 0.207. The fraction of sp³-hybridized carbons (Fsp3) is 0.130. The second-order valence-corrected chi connectivity index (χ2v) is 6.56. The quantitative estimate of drug-likeness (QED) is 0.514. The molecular weight excluding hydrogens is 378 g/mol. The largest absolute Gasteiger partial charge is 0.494 e. The molecule has 0 bridgehead atoms. The van der Waals surface area contributed by atoms with Crippen LogP contribution in [0.1, 0.15) is 34.5 Å². The Morgan fingerprint density at radius 1 is 1.07 bits per heavy atom. The summed E-state index contributed by atoms with van der Waals surface area (Å²) in [5.41, 5.74) is 2.44. The van der Waals surface area contributed by atoms with Crippen molar-refractivity contribution in [3.8, 4) is 11.6 Å². The van der Waals surface area contributed by atoms with Crippen molar-refractivity contribution in [3.63, 3.8) is 0 Å². The van der Waals surface area contributed by atoms with Crippen LogP contribution in [0.3, 0.4) is 0 Å². The number of aromatic nitrogens is 4. The lowest BCUT2D eigenvalue weighted by atomic mass is 9.98. The molecule has 0 aliphatic carbocycles. The van der Waals surface area contributed by atoms with Gasteiger partial charge in [0.1, 0.15) is 18.4 Å². The standard InChI is InChI=1S/C23H21N5O2/c1-2-30-20-10-8-18(9-11-20)22(17-6-4-3-5-7-17)27-23(29)19-12-13-25-21(14-19)28-16-24-15-26-28/h3-16,22H,2H2,1H3,(H,27,29). The lowest BCUT2D eigenvalue weighted by Gasteiger charge is -2.20. The van der Waals surface area contributed by atoms with Crippen LogP contribution in [-0.2, 0) is 0 Å². The van der Waals surface area contributed by atoms with E-state index in [1.54, 1.807) is 18.3 Å². The van der Waals surface area contributed by atoms with Crippen LogP contribution >= 0.6 is 0 Å². The number of rotatable bonds is 7. The first-order valence-corrected chi connectivity index (χ1v) is 9.64. The molecule has 30 heavy (non-hydrogen) atoms. The number of nitrogens with one attached hydrogen (secondary N) is 1. The molecule has 0 fully saturated rings. The normalized spacial score (nSPS) is 11.6. The van der Waals surface area contributed by atoms with Crippen LogP contribution in [0.15, 0.2) is 85.6 Å². The summed E-state index contributed by atoms with van der Waals surface area (Å²) in [6.45, 7) is 2.55. The fourth-order valence-corrected chi connectivity index (χ4v) is 3.15. The third kappa shape index (κ3) is 4.35. The molecule has 1 amide bonds. The van der Waals surface area contributed by atoms with Gasteiger partial charge in [0.15, 0.2) is 5.82 Å². The number of pyridine rings is 1. The van der Waals surface area contributed by atoms with E-state index in [9.17, 15) is 4.79 Å². The number of benzene rings is 2. The molecule has 4 aromatic rings. The Bertz CT molecular complexity index is 1100. The van der Waals surface area contributed by atoms with Gasteiger partial charge in [-0.05, 0) is 42.3 Å². The van der Waals surface area contributed by atoms with Crippen molar-refractivity contribution in [2.75, 3.05) is 6.61 Å². The van der Waals surface area contributed by atoms with Crippen molar-refractivity contribution in [1.29, 1.82) is 0 Å². The molecule has 0 radical (unpaired) electrons. The molecule has 0 spiro atoms. The van der Waals surface area contributed by atoms with E-state index in [1.807, 2.05) is 61.5 Å². The maximum Gasteiger partial charge on any atom is 0.252 e. The van der Waals surface area contributed by atoms with Crippen molar-refractivity contribution >= 4 is 5.91 Å². The van der Waals surface area contributed by atoms with Crippen molar-refractivity contribution < 1.29 is 9.53 Å². The third-order valence-corrected chi connectivity index (χ3v) is 4.59. The number of hydrogen-bond donors (Lipinski definition) is 1. The van der Waals surface area contributed by atoms with Gasteiger partial charge >= 0.3 is 0 Å². The number of carbonyl (C=O) groups excluding carboxylic acids is 1. The van der Waals surface area contributed by atoms with Gasteiger partial charge in [-0.25, -0.2) is 14.6 Å². The fourth-order valence-electron chi connectivity index (χ4n) is 3.15. The molecule has 7 nitrogen and oxygen atoms in total. The van der Waals surface area contributed by atoms with Crippen LogP contribution in [0.5, 0.6) is 5.75 Å². The molecule has 150 valence electrons. The molecule has 1 unspecified atom stereocenters. The van der Waals surface area contributed by atoms with Crippen LogP contribution < -0.4 is 10.1 Å². The Balaban J connectivity index is 1.62. The predicted octanol–water partition coefficient (Wildman–Crippen LogP) is 3.58. The van der Waals surface area contributed by atoms with Gasteiger partial charge in [0.2, 0.25) is 0 Å². The van der Waals surface area contributed by atoms with Gasteiger partial charge in [0.25, 0.3) is 5.91 Å². The molecule has 1 N–H and O–H groups in total. The van der Waals surface area contributed by atoms with Gasteiger partial charge in [-0.15, -0.1) is 0 Å². The van der Waals surface area contributed by atoms with Gasteiger partial charge in [-0.3, -0.25) is 4.79 Å². The summed E-state index contributed by atoms with van der Waals surface area (Å²) in [4.78, 5) is 21.3. The minimum Gasteiger partial charge on any atom is -0.494 e. The predicted molar refractivity (Wildman–Crippen MR) is 113 cm³/mol. The van der Waals surface area contributed by atoms with Crippen LogP contribution in [0.4, 0.5) is 0 Å². The van der Waals surface area contributed by atoms with E-state index in [1.165, 1.54) is 17.3 Å². The second kappa shape index (κ2) is 9.00. The summed E-state index contributed by atoms with van der Waals surface area (Å²) >= 11 is 0. The number of nitrogens with zero attached hydrogens (tertiary/aromatic N) is 4. The third-order valence-electron chi connectivity index (χ3n) is 4.59. The van der Waals surface area contributed by atoms with Gasteiger partial charge < -0.3 is 10.1 Å². The smallest absolute Gasteiger partial charge is 0.252 e. The minimum atomic E-state index is -0.308. The summed E-state index contributed by atoms with van der Waals surface area (Å²) in [5, 5.41) is 7.20. The molecule has 4 rings (SSSR count). The lowest BCUT2D eigenvalue weighted by Crippen LogP contribution is -2.29. The zero-order valence-electron chi connectivity index (χ0n) is 16.5. The van der Waals surface area contributed by atoms with Crippen LogP contribution in [-0.4, -0.2) is 32.3 Å². The average Bonchev–Trinajstić information content (AvgIpc) is 3.34. The van der Waals surface area contributed by atoms with Gasteiger partial charge in [0, 0.05) is 11.8 Å². The molecule has 0 saturated carbocycles. The molecule has 0 saturated heterocycles. The zero-order chi connectivity index (χ0) is 20.8. The highest BCUT2D eigenvalue weighted by Gasteiger charge is 2.18. The summed E-state index contributed by atoms with van der Waals surface area (Å²) in [6, 6.07) is 20.7. The lowest BCUT2D eigenvalue weighted by molar-refractivity contribution is 0.0943. The topological polar surface area (TPSA) is 81.9 Å². The summed E-state index contributed by atoms with van der Waals surface area (Å²) in [6.07, 6.45) is 4.54. The highest BCUT2D eigenvalue weighted by atomic mass is 16.5. The molecule has 2 aromatic carbocycles. The van der Waals surface area contributed by atoms with Crippen molar-refractivity contribution in [2.45, 2.75) is 13.0 Å². The number of ether oxygens (including phenoxy) is 1. The molecule has 0 aliphatic heterocycles. The van der Waals surface area contributed by atoms with Crippen LogP contribution in [0, 0.1) is 0 Å². The van der Waals surface area contributed by atoms with Gasteiger partial charge in [-0.2, -0.15) is 5.10 Å². The Morgan fingerprint density at radius 2 is 1.83 bits per heavy atom. The van der Waals surface area contributed by atoms with E-state index < -0.39 is 0 Å². The monoisotopic (exact) mass is 399 g/mol. The number of hydrogen-bond acceptors (Lipinski definition) is 5. The second-order valence-electron chi connectivity index (χ2n) is 6.56. The maximum atomic E-state index is 13.1. The van der Waals surface area contributed by atoms with E-state index in [0.717, 1.165) is 16.9 Å². The van der Waals surface area contributed by atoms with Crippen LogP contribution in [0.2, 0.25) is 0 Å². The van der Waals surface area contributed by atoms with E-state index in [-0.39, 0.29) is 11.9 Å². The molecule has 2 heterocycles. The van der Waals surface area contributed by atoms with Crippen molar-refractivity contribution in [3.05, 3.63) is 102 Å². The molecule has 2 aromatic heterocycles. The van der Waals surface area contributed by atoms with E-state index in [4.69, 9.17) is 4.74 Å². The first-order valence-electron chi connectivity index (χ1n) is 9.64. The molecule has 1 atom stereocenters. The molecule has 7 heteroatoms. The maximum absolute atomic E-state index is 13.1. The Hall–Kier alpha value is -4.00. The Kier molecular flexibility index (Phi) is 5.80. The van der Waals surface area contributed by atoms with Gasteiger partial charge in [0.05, 0.1) is 12.6 Å². The molecular formula is C23H21N5O2. The average molecular weight is 399 g/mol. The summed E-state index contributed by atoms with van der Waals surface area (Å²) in [7, 11) is 0. The molecule has 0 aliphatic rings. The van der Waals surface area contributed by atoms with E-state index >= 15 is 0 Å². The first kappa shape index (κ1) is 19.3.